The molecular weight excluding hydrogens is 330 g/mol. The van der Waals surface area contributed by atoms with E-state index < -0.39 is 6.61 Å². The van der Waals surface area contributed by atoms with Crippen LogP contribution < -0.4 is 4.74 Å². The molecule has 0 N–H and O–H groups in total. The number of nitrogens with zero attached hydrogens (tertiary/aromatic N) is 2. The fraction of sp³-hybridized carbons (Fsp3) is 0.571. The summed E-state index contributed by atoms with van der Waals surface area (Å²) in [6, 6.07) is 5.28. The molecule has 0 spiro atoms. The van der Waals surface area contributed by atoms with Crippen molar-refractivity contribution in [2.45, 2.75) is 20.1 Å². The Hall–Kier alpha value is -0.720. The highest BCUT2D eigenvalue weighted by Crippen LogP contribution is 2.28. The largest absolute Gasteiger partial charge is 0.434 e. The predicted octanol–water partition coefficient (Wildman–Crippen LogP) is 3.19. The van der Waals surface area contributed by atoms with Crippen molar-refractivity contribution >= 4 is 15.9 Å². The maximum atomic E-state index is 12.2. The molecule has 0 bridgehead atoms. The molecule has 0 aliphatic carbocycles. The Bertz CT molecular complexity index is 437. The fourth-order valence-corrected chi connectivity index (χ4v) is 2.88. The Morgan fingerprint density at radius 1 is 1.20 bits per heavy atom. The number of alkyl halides is 2. The van der Waals surface area contributed by atoms with Gasteiger partial charge in [0, 0.05) is 32.7 Å². The molecular formula is C14H19BrF2N2O. The second-order valence-electron chi connectivity index (χ2n) is 4.85. The van der Waals surface area contributed by atoms with Gasteiger partial charge < -0.3 is 9.64 Å². The highest BCUT2D eigenvalue weighted by atomic mass is 79.9. The molecule has 0 aromatic heterocycles. The van der Waals surface area contributed by atoms with Crippen LogP contribution in [-0.2, 0) is 6.54 Å². The third-order valence-electron chi connectivity index (χ3n) is 3.53. The normalized spacial score (nSPS) is 17.6. The lowest BCUT2D eigenvalue weighted by molar-refractivity contribution is -0.0503. The van der Waals surface area contributed by atoms with Gasteiger partial charge in [0.15, 0.2) is 0 Å². The lowest BCUT2D eigenvalue weighted by Crippen LogP contribution is -2.45. The molecule has 1 saturated heterocycles. The fourth-order valence-electron chi connectivity index (χ4n) is 2.36. The summed E-state index contributed by atoms with van der Waals surface area (Å²) < 4.78 is 29.4. The molecule has 0 atom stereocenters. The second-order valence-corrected chi connectivity index (χ2v) is 5.71. The number of ether oxygens (including phenoxy) is 1. The van der Waals surface area contributed by atoms with Gasteiger partial charge in [-0.2, -0.15) is 8.78 Å². The standard InChI is InChI=1S/C14H19BrF2N2O/c1-2-18-5-7-19(8-6-18)10-11-3-4-13(12(15)9-11)20-14(16)17/h3-4,9,14H,2,5-8,10H2,1H3. The van der Waals surface area contributed by atoms with Gasteiger partial charge in [0.2, 0.25) is 0 Å². The highest BCUT2D eigenvalue weighted by molar-refractivity contribution is 9.10. The number of piperazine rings is 1. The van der Waals surface area contributed by atoms with Crippen molar-refractivity contribution in [3.05, 3.63) is 28.2 Å². The number of rotatable bonds is 5. The first-order valence-electron chi connectivity index (χ1n) is 6.76. The van der Waals surface area contributed by atoms with E-state index >= 15 is 0 Å². The average molecular weight is 349 g/mol. The van der Waals surface area contributed by atoms with E-state index in [0.29, 0.717) is 4.47 Å². The van der Waals surface area contributed by atoms with Crippen LogP contribution in [0.5, 0.6) is 5.75 Å². The first kappa shape index (κ1) is 15.7. The quantitative estimate of drug-likeness (QED) is 0.812. The smallest absolute Gasteiger partial charge is 0.387 e. The summed E-state index contributed by atoms with van der Waals surface area (Å²) >= 11 is 3.28. The van der Waals surface area contributed by atoms with Crippen LogP contribution in [0.1, 0.15) is 12.5 Å². The molecule has 112 valence electrons. The zero-order chi connectivity index (χ0) is 14.5. The molecule has 2 rings (SSSR count). The summed E-state index contributed by atoms with van der Waals surface area (Å²) in [4.78, 5) is 4.80. The van der Waals surface area contributed by atoms with E-state index in [1.165, 1.54) is 0 Å². The molecule has 20 heavy (non-hydrogen) atoms. The first-order valence-corrected chi connectivity index (χ1v) is 7.55. The van der Waals surface area contributed by atoms with Crippen molar-refractivity contribution in [3.8, 4) is 5.75 Å². The van der Waals surface area contributed by atoms with Crippen molar-refractivity contribution in [3.63, 3.8) is 0 Å². The zero-order valence-electron chi connectivity index (χ0n) is 11.5. The lowest BCUT2D eigenvalue weighted by atomic mass is 10.2. The molecule has 0 unspecified atom stereocenters. The first-order chi connectivity index (χ1) is 9.58. The Morgan fingerprint density at radius 3 is 2.40 bits per heavy atom. The summed E-state index contributed by atoms with van der Waals surface area (Å²) in [6.45, 7) is 5.58. The SMILES string of the molecule is CCN1CCN(Cc2ccc(OC(F)F)c(Br)c2)CC1. The van der Waals surface area contributed by atoms with Gasteiger partial charge in [-0.25, -0.2) is 0 Å². The highest BCUT2D eigenvalue weighted by Gasteiger charge is 2.16. The second kappa shape index (κ2) is 7.33. The van der Waals surface area contributed by atoms with E-state index in [1.54, 1.807) is 6.07 Å². The Morgan fingerprint density at radius 2 is 1.85 bits per heavy atom. The minimum atomic E-state index is -2.79. The third-order valence-corrected chi connectivity index (χ3v) is 4.15. The number of halogens is 3. The molecule has 0 amide bonds. The summed E-state index contributed by atoms with van der Waals surface area (Å²) in [5.74, 6) is 0.180. The van der Waals surface area contributed by atoms with E-state index in [1.807, 2.05) is 12.1 Å². The van der Waals surface area contributed by atoms with E-state index in [0.717, 1.165) is 44.8 Å². The molecule has 0 saturated carbocycles. The van der Waals surface area contributed by atoms with Crippen molar-refractivity contribution < 1.29 is 13.5 Å². The molecule has 1 aromatic rings. The van der Waals surface area contributed by atoms with Crippen molar-refractivity contribution in [1.29, 1.82) is 0 Å². The van der Waals surface area contributed by atoms with Gasteiger partial charge in [0.25, 0.3) is 0 Å². The van der Waals surface area contributed by atoms with E-state index in [2.05, 4.69) is 37.4 Å². The molecule has 1 aromatic carbocycles. The van der Waals surface area contributed by atoms with Gasteiger partial charge in [-0.05, 0) is 40.2 Å². The van der Waals surface area contributed by atoms with Crippen LogP contribution in [0.2, 0.25) is 0 Å². The third kappa shape index (κ3) is 4.40. The van der Waals surface area contributed by atoms with Crippen molar-refractivity contribution in [2.24, 2.45) is 0 Å². The Balaban J connectivity index is 1.92. The summed E-state index contributed by atoms with van der Waals surface area (Å²) in [5.41, 5.74) is 1.10. The van der Waals surface area contributed by atoms with Crippen LogP contribution in [0.4, 0.5) is 8.78 Å². The van der Waals surface area contributed by atoms with Gasteiger partial charge in [-0.1, -0.05) is 13.0 Å². The monoisotopic (exact) mass is 348 g/mol. The molecule has 0 radical (unpaired) electrons. The number of hydrogen-bond donors (Lipinski definition) is 0. The van der Waals surface area contributed by atoms with Gasteiger partial charge in [-0.15, -0.1) is 0 Å². The van der Waals surface area contributed by atoms with Crippen LogP contribution in [0.15, 0.2) is 22.7 Å². The van der Waals surface area contributed by atoms with Gasteiger partial charge in [0.1, 0.15) is 5.75 Å². The minimum absolute atomic E-state index is 0.180. The summed E-state index contributed by atoms with van der Waals surface area (Å²) in [6.07, 6.45) is 0. The Kier molecular flexibility index (Phi) is 5.74. The van der Waals surface area contributed by atoms with Gasteiger partial charge >= 0.3 is 6.61 Å². The molecule has 6 heteroatoms. The van der Waals surface area contributed by atoms with E-state index in [-0.39, 0.29) is 5.75 Å². The van der Waals surface area contributed by atoms with Gasteiger partial charge in [-0.3, -0.25) is 4.90 Å². The van der Waals surface area contributed by atoms with Gasteiger partial charge in [0.05, 0.1) is 4.47 Å². The number of likely N-dealkylation sites (N-methyl/N-ethyl adjacent to an activating group) is 1. The molecule has 1 fully saturated rings. The van der Waals surface area contributed by atoms with Crippen LogP contribution in [0, 0.1) is 0 Å². The maximum absolute atomic E-state index is 12.2. The minimum Gasteiger partial charge on any atom is -0.434 e. The predicted molar refractivity (Wildman–Crippen MR) is 78.2 cm³/mol. The average Bonchev–Trinajstić information content (AvgIpc) is 2.42. The maximum Gasteiger partial charge on any atom is 0.387 e. The Labute approximate surface area is 126 Å². The lowest BCUT2D eigenvalue weighted by Gasteiger charge is -2.34. The van der Waals surface area contributed by atoms with Crippen LogP contribution in [-0.4, -0.2) is 49.1 Å². The van der Waals surface area contributed by atoms with Crippen LogP contribution >= 0.6 is 15.9 Å². The molecule has 1 aliphatic rings. The molecule has 1 aliphatic heterocycles. The molecule has 3 nitrogen and oxygen atoms in total. The van der Waals surface area contributed by atoms with Crippen LogP contribution in [0.3, 0.4) is 0 Å². The van der Waals surface area contributed by atoms with E-state index in [4.69, 9.17) is 0 Å². The summed E-state index contributed by atoms with van der Waals surface area (Å²) in [7, 11) is 0. The van der Waals surface area contributed by atoms with Crippen LogP contribution in [0.25, 0.3) is 0 Å². The number of benzene rings is 1. The van der Waals surface area contributed by atoms with E-state index in [9.17, 15) is 8.78 Å². The summed E-state index contributed by atoms with van der Waals surface area (Å²) in [5, 5.41) is 0. The molecule has 1 heterocycles. The van der Waals surface area contributed by atoms with Crippen molar-refractivity contribution in [1.82, 2.24) is 9.80 Å². The number of hydrogen-bond acceptors (Lipinski definition) is 3. The zero-order valence-corrected chi connectivity index (χ0v) is 13.1. The topological polar surface area (TPSA) is 15.7 Å². The van der Waals surface area contributed by atoms with Crippen molar-refractivity contribution in [2.75, 3.05) is 32.7 Å².